The average molecular weight is 253 g/mol. The highest BCUT2D eigenvalue weighted by Gasteiger charge is 2.19. The van der Waals surface area contributed by atoms with Crippen LogP contribution in [0.1, 0.15) is 30.5 Å². The third kappa shape index (κ3) is 4.05. The van der Waals surface area contributed by atoms with E-state index in [9.17, 15) is 0 Å². The van der Waals surface area contributed by atoms with E-state index < -0.39 is 0 Å². The van der Waals surface area contributed by atoms with Crippen LogP contribution < -0.4 is 10.6 Å². The Morgan fingerprint density at radius 3 is 3.18 bits per heavy atom. The van der Waals surface area contributed by atoms with Crippen LogP contribution in [0, 0.1) is 12.8 Å². The molecule has 1 aromatic rings. The van der Waals surface area contributed by atoms with Crippen molar-refractivity contribution >= 4 is 11.3 Å². The second kappa shape index (κ2) is 6.47. The maximum absolute atomic E-state index is 4.47. The Bertz CT molecular complexity index is 337. The minimum atomic E-state index is 0.654. The number of rotatable bonds is 5. The molecule has 2 N–H and O–H groups in total. The van der Waals surface area contributed by atoms with Crippen LogP contribution in [0.5, 0.6) is 0 Å². The standard InChI is InChI=1S/C13H23N3S/c1-10-4-3-6-15-12(10)8-14-7-5-13-16-11(2)9-17-13/h9-10,12,14-15H,3-8H2,1-2H3. The van der Waals surface area contributed by atoms with Gasteiger partial charge in [0, 0.05) is 36.6 Å². The first-order chi connectivity index (χ1) is 8.25. The van der Waals surface area contributed by atoms with Gasteiger partial charge < -0.3 is 10.6 Å². The molecule has 3 nitrogen and oxygen atoms in total. The van der Waals surface area contributed by atoms with Crippen LogP contribution in [0.4, 0.5) is 0 Å². The largest absolute Gasteiger partial charge is 0.315 e. The zero-order chi connectivity index (χ0) is 12.1. The minimum absolute atomic E-state index is 0.654. The van der Waals surface area contributed by atoms with E-state index in [0.29, 0.717) is 6.04 Å². The first kappa shape index (κ1) is 13.0. The van der Waals surface area contributed by atoms with Crippen molar-refractivity contribution in [2.75, 3.05) is 19.6 Å². The van der Waals surface area contributed by atoms with Gasteiger partial charge in [-0.05, 0) is 32.2 Å². The Morgan fingerprint density at radius 2 is 2.47 bits per heavy atom. The van der Waals surface area contributed by atoms with E-state index in [1.54, 1.807) is 11.3 Å². The highest BCUT2D eigenvalue weighted by molar-refractivity contribution is 7.09. The molecule has 0 saturated carbocycles. The number of hydrogen-bond donors (Lipinski definition) is 2. The summed E-state index contributed by atoms with van der Waals surface area (Å²) in [6.45, 7) is 7.72. The van der Waals surface area contributed by atoms with Crippen molar-refractivity contribution in [2.24, 2.45) is 5.92 Å². The zero-order valence-electron chi connectivity index (χ0n) is 10.8. The van der Waals surface area contributed by atoms with Gasteiger partial charge >= 0.3 is 0 Å². The Kier molecular flexibility index (Phi) is 4.95. The molecular formula is C13H23N3S. The van der Waals surface area contributed by atoms with Crippen LogP contribution in [-0.2, 0) is 6.42 Å². The van der Waals surface area contributed by atoms with E-state index in [-0.39, 0.29) is 0 Å². The molecule has 2 rings (SSSR count). The highest BCUT2D eigenvalue weighted by Crippen LogP contribution is 2.14. The number of nitrogens with one attached hydrogen (secondary N) is 2. The van der Waals surface area contributed by atoms with E-state index in [2.05, 4.69) is 34.8 Å². The van der Waals surface area contributed by atoms with Crippen molar-refractivity contribution in [3.63, 3.8) is 0 Å². The van der Waals surface area contributed by atoms with Crippen LogP contribution in [0.25, 0.3) is 0 Å². The molecule has 0 aliphatic carbocycles. The molecule has 0 amide bonds. The molecule has 0 bridgehead atoms. The van der Waals surface area contributed by atoms with Crippen molar-refractivity contribution in [2.45, 2.75) is 39.2 Å². The lowest BCUT2D eigenvalue weighted by atomic mass is 9.93. The fourth-order valence-electron chi connectivity index (χ4n) is 2.36. The van der Waals surface area contributed by atoms with Gasteiger partial charge in [0.1, 0.15) is 0 Å². The van der Waals surface area contributed by atoms with Gasteiger partial charge in [0.25, 0.3) is 0 Å². The van der Waals surface area contributed by atoms with Crippen LogP contribution in [0.15, 0.2) is 5.38 Å². The number of aryl methyl sites for hydroxylation is 1. The maximum Gasteiger partial charge on any atom is 0.0940 e. The van der Waals surface area contributed by atoms with Gasteiger partial charge in [0.05, 0.1) is 5.01 Å². The molecule has 17 heavy (non-hydrogen) atoms. The van der Waals surface area contributed by atoms with Gasteiger partial charge in [0.15, 0.2) is 0 Å². The molecule has 0 aromatic carbocycles. The molecule has 1 aliphatic rings. The molecule has 0 spiro atoms. The number of nitrogens with zero attached hydrogens (tertiary/aromatic N) is 1. The summed E-state index contributed by atoms with van der Waals surface area (Å²) in [5.74, 6) is 0.804. The zero-order valence-corrected chi connectivity index (χ0v) is 11.6. The second-order valence-corrected chi connectivity index (χ2v) is 5.96. The summed E-state index contributed by atoms with van der Waals surface area (Å²) in [6.07, 6.45) is 3.75. The van der Waals surface area contributed by atoms with Gasteiger partial charge in [-0.1, -0.05) is 6.92 Å². The van der Waals surface area contributed by atoms with Crippen LogP contribution in [0.2, 0.25) is 0 Å². The van der Waals surface area contributed by atoms with Crippen molar-refractivity contribution in [1.29, 1.82) is 0 Å². The quantitative estimate of drug-likeness (QED) is 0.788. The highest BCUT2D eigenvalue weighted by atomic mass is 32.1. The van der Waals surface area contributed by atoms with E-state index in [4.69, 9.17) is 0 Å². The molecule has 2 heterocycles. The van der Waals surface area contributed by atoms with E-state index in [1.165, 1.54) is 24.4 Å². The molecule has 1 saturated heterocycles. The molecule has 2 atom stereocenters. The summed E-state index contributed by atoms with van der Waals surface area (Å²) in [6, 6.07) is 0.654. The number of hydrogen-bond acceptors (Lipinski definition) is 4. The smallest absolute Gasteiger partial charge is 0.0940 e. The topological polar surface area (TPSA) is 37.0 Å². The lowest BCUT2D eigenvalue weighted by Crippen LogP contribution is -2.46. The van der Waals surface area contributed by atoms with Gasteiger partial charge in [0.2, 0.25) is 0 Å². The van der Waals surface area contributed by atoms with E-state index in [0.717, 1.165) is 31.1 Å². The molecule has 96 valence electrons. The normalized spacial score (nSPS) is 25.1. The minimum Gasteiger partial charge on any atom is -0.315 e. The van der Waals surface area contributed by atoms with Crippen molar-refractivity contribution < 1.29 is 0 Å². The number of thiazole rings is 1. The van der Waals surface area contributed by atoms with Crippen LogP contribution >= 0.6 is 11.3 Å². The van der Waals surface area contributed by atoms with Gasteiger partial charge in [-0.15, -0.1) is 11.3 Å². The molecule has 1 aromatic heterocycles. The van der Waals surface area contributed by atoms with E-state index in [1.807, 2.05) is 0 Å². The fraction of sp³-hybridized carbons (Fsp3) is 0.769. The molecule has 0 radical (unpaired) electrons. The van der Waals surface area contributed by atoms with E-state index >= 15 is 0 Å². The molecule has 1 fully saturated rings. The van der Waals surface area contributed by atoms with Gasteiger partial charge in [-0.2, -0.15) is 0 Å². The van der Waals surface area contributed by atoms with Gasteiger partial charge in [-0.3, -0.25) is 0 Å². The Balaban J connectivity index is 1.62. The Morgan fingerprint density at radius 1 is 1.59 bits per heavy atom. The molecule has 1 aliphatic heterocycles. The first-order valence-electron chi connectivity index (χ1n) is 6.61. The van der Waals surface area contributed by atoms with Crippen LogP contribution in [-0.4, -0.2) is 30.7 Å². The van der Waals surface area contributed by atoms with Gasteiger partial charge in [-0.25, -0.2) is 4.98 Å². The van der Waals surface area contributed by atoms with Crippen molar-refractivity contribution in [1.82, 2.24) is 15.6 Å². The summed E-state index contributed by atoms with van der Waals surface area (Å²) in [5.41, 5.74) is 1.15. The maximum atomic E-state index is 4.47. The summed E-state index contributed by atoms with van der Waals surface area (Å²) in [5, 5.41) is 10.5. The number of piperidine rings is 1. The Hall–Kier alpha value is -0.450. The fourth-order valence-corrected chi connectivity index (χ4v) is 3.13. The number of aromatic nitrogens is 1. The lowest BCUT2D eigenvalue weighted by molar-refractivity contribution is 0.291. The third-order valence-corrected chi connectivity index (χ3v) is 4.50. The third-order valence-electron chi connectivity index (χ3n) is 3.48. The summed E-state index contributed by atoms with van der Waals surface area (Å²) in [4.78, 5) is 4.47. The summed E-state index contributed by atoms with van der Waals surface area (Å²) < 4.78 is 0. The Labute approximate surface area is 108 Å². The van der Waals surface area contributed by atoms with Crippen molar-refractivity contribution in [3.05, 3.63) is 16.1 Å². The summed E-state index contributed by atoms with van der Waals surface area (Å²) in [7, 11) is 0. The first-order valence-corrected chi connectivity index (χ1v) is 7.49. The predicted molar refractivity (Wildman–Crippen MR) is 73.6 cm³/mol. The van der Waals surface area contributed by atoms with Crippen LogP contribution in [0.3, 0.4) is 0 Å². The van der Waals surface area contributed by atoms with Crippen molar-refractivity contribution in [3.8, 4) is 0 Å². The monoisotopic (exact) mass is 253 g/mol. The SMILES string of the molecule is Cc1csc(CCNCC2NCCCC2C)n1. The second-order valence-electron chi connectivity index (χ2n) is 5.02. The molecular weight excluding hydrogens is 230 g/mol. The molecule has 2 unspecified atom stereocenters. The predicted octanol–water partition coefficient (Wildman–Crippen LogP) is 1.97. The average Bonchev–Trinajstić information content (AvgIpc) is 2.73. The lowest BCUT2D eigenvalue weighted by Gasteiger charge is -2.30. The molecule has 4 heteroatoms. The summed E-state index contributed by atoms with van der Waals surface area (Å²) >= 11 is 1.77.